The van der Waals surface area contributed by atoms with Gasteiger partial charge < -0.3 is 5.32 Å². The van der Waals surface area contributed by atoms with Crippen LogP contribution in [0.1, 0.15) is 39.5 Å². The predicted molar refractivity (Wildman–Crippen MR) is 66.9 cm³/mol. The zero-order chi connectivity index (χ0) is 12.1. The van der Waals surface area contributed by atoms with Crippen LogP contribution in [0, 0.1) is 5.41 Å². The van der Waals surface area contributed by atoms with Crippen molar-refractivity contribution in [2.24, 2.45) is 5.41 Å². The normalized spacial score (nSPS) is 19.4. The molecule has 1 aliphatic rings. The van der Waals surface area contributed by atoms with Gasteiger partial charge in [0, 0.05) is 13.1 Å². The van der Waals surface area contributed by atoms with E-state index >= 15 is 0 Å². The first-order chi connectivity index (χ1) is 7.47. The summed E-state index contributed by atoms with van der Waals surface area (Å²) < 4.78 is 26.0. The van der Waals surface area contributed by atoms with Crippen molar-refractivity contribution in [1.29, 1.82) is 0 Å². The Hall–Kier alpha value is -0.130. The maximum atomic E-state index is 11.6. The quantitative estimate of drug-likeness (QED) is 0.632. The van der Waals surface area contributed by atoms with Gasteiger partial charge in [-0.2, -0.15) is 0 Å². The summed E-state index contributed by atoms with van der Waals surface area (Å²) in [6.45, 7) is 6.24. The second-order valence-electron chi connectivity index (χ2n) is 5.05. The zero-order valence-corrected chi connectivity index (χ0v) is 11.2. The molecule has 0 atom stereocenters. The van der Waals surface area contributed by atoms with Crippen LogP contribution in [0.2, 0.25) is 0 Å². The standard InChI is InChI=1S/C11H24N2O2S/c1-3-7-12-8-9-16(14,15)13-10-11(2)5-4-6-11/h12-13H,3-10H2,1-2H3. The van der Waals surface area contributed by atoms with Crippen LogP contribution >= 0.6 is 0 Å². The molecule has 16 heavy (non-hydrogen) atoms. The minimum absolute atomic E-state index is 0.184. The highest BCUT2D eigenvalue weighted by Gasteiger charge is 2.32. The Morgan fingerprint density at radius 1 is 1.25 bits per heavy atom. The molecule has 96 valence electrons. The molecule has 0 aromatic heterocycles. The number of sulfonamides is 1. The third-order valence-electron chi connectivity index (χ3n) is 3.25. The molecule has 0 aliphatic heterocycles. The maximum Gasteiger partial charge on any atom is 0.212 e. The summed E-state index contributed by atoms with van der Waals surface area (Å²) in [5, 5.41) is 3.10. The number of hydrogen-bond donors (Lipinski definition) is 2. The van der Waals surface area contributed by atoms with Crippen molar-refractivity contribution in [2.75, 3.05) is 25.4 Å². The number of nitrogens with one attached hydrogen (secondary N) is 2. The molecule has 0 aromatic rings. The van der Waals surface area contributed by atoms with Gasteiger partial charge in [0.15, 0.2) is 0 Å². The van der Waals surface area contributed by atoms with E-state index in [1.807, 2.05) is 0 Å². The molecule has 1 fully saturated rings. The van der Waals surface area contributed by atoms with Crippen molar-refractivity contribution in [2.45, 2.75) is 39.5 Å². The highest BCUT2D eigenvalue weighted by atomic mass is 32.2. The van der Waals surface area contributed by atoms with Gasteiger partial charge in [-0.1, -0.05) is 20.3 Å². The Labute approximate surface area is 99.2 Å². The molecule has 0 unspecified atom stereocenters. The van der Waals surface area contributed by atoms with Crippen molar-refractivity contribution < 1.29 is 8.42 Å². The molecular formula is C11H24N2O2S. The fraction of sp³-hybridized carbons (Fsp3) is 1.00. The van der Waals surface area contributed by atoms with Gasteiger partial charge in [0.25, 0.3) is 0 Å². The van der Waals surface area contributed by atoms with E-state index in [1.165, 1.54) is 6.42 Å². The first kappa shape index (κ1) is 13.9. The van der Waals surface area contributed by atoms with E-state index in [9.17, 15) is 8.42 Å². The molecule has 1 rings (SSSR count). The smallest absolute Gasteiger partial charge is 0.212 e. The van der Waals surface area contributed by atoms with Gasteiger partial charge in [0.2, 0.25) is 10.0 Å². The third-order valence-corrected chi connectivity index (χ3v) is 4.58. The monoisotopic (exact) mass is 248 g/mol. The summed E-state index contributed by atoms with van der Waals surface area (Å²) in [4.78, 5) is 0. The molecule has 0 aromatic carbocycles. The molecule has 0 spiro atoms. The Balaban J connectivity index is 2.18. The van der Waals surface area contributed by atoms with Gasteiger partial charge in [-0.05, 0) is 31.2 Å². The SMILES string of the molecule is CCCNCCS(=O)(=O)NCC1(C)CCC1. The van der Waals surface area contributed by atoms with E-state index in [0.29, 0.717) is 13.1 Å². The lowest BCUT2D eigenvalue weighted by Gasteiger charge is -2.38. The summed E-state index contributed by atoms with van der Waals surface area (Å²) in [7, 11) is -3.08. The second-order valence-corrected chi connectivity index (χ2v) is 6.98. The fourth-order valence-corrected chi connectivity index (χ4v) is 2.95. The first-order valence-corrected chi connectivity index (χ1v) is 7.81. The molecule has 0 heterocycles. The molecule has 0 saturated heterocycles. The number of rotatable bonds is 8. The van der Waals surface area contributed by atoms with Gasteiger partial charge in [0.1, 0.15) is 0 Å². The molecular weight excluding hydrogens is 224 g/mol. The summed E-state index contributed by atoms with van der Waals surface area (Å²) in [5.74, 6) is 0.184. The topological polar surface area (TPSA) is 58.2 Å². The van der Waals surface area contributed by atoms with Gasteiger partial charge >= 0.3 is 0 Å². The van der Waals surface area contributed by atoms with Gasteiger partial charge in [-0.15, -0.1) is 0 Å². The molecule has 1 aliphatic carbocycles. The van der Waals surface area contributed by atoms with Crippen LogP contribution in [0.25, 0.3) is 0 Å². The van der Waals surface area contributed by atoms with E-state index in [4.69, 9.17) is 0 Å². The second kappa shape index (κ2) is 5.98. The predicted octanol–water partition coefficient (Wildman–Crippen LogP) is 1.10. The molecule has 0 radical (unpaired) electrons. The lowest BCUT2D eigenvalue weighted by molar-refractivity contribution is 0.166. The van der Waals surface area contributed by atoms with Crippen LogP contribution in [0.4, 0.5) is 0 Å². The largest absolute Gasteiger partial charge is 0.316 e. The first-order valence-electron chi connectivity index (χ1n) is 6.15. The third kappa shape index (κ3) is 4.80. The van der Waals surface area contributed by atoms with Crippen molar-refractivity contribution >= 4 is 10.0 Å². The van der Waals surface area contributed by atoms with Crippen molar-refractivity contribution in [3.63, 3.8) is 0 Å². The minimum Gasteiger partial charge on any atom is -0.316 e. The molecule has 1 saturated carbocycles. The summed E-state index contributed by atoms with van der Waals surface area (Å²) in [6.07, 6.45) is 4.55. The van der Waals surface area contributed by atoms with Gasteiger partial charge in [-0.25, -0.2) is 13.1 Å². The molecule has 2 N–H and O–H groups in total. The van der Waals surface area contributed by atoms with Gasteiger partial charge in [-0.3, -0.25) is 0 Å². The minimum atomic E-state index is -3.08. The maximum absolute atomic E-state index is 11.6. The molecule has 0 amide bonds. The van der Waals surface area contributed by atoms with E-state index in [1.54, 1.807) is 0 Å². The zero-order valence-electron chi connectivity index (χ0n) is 10.4. The lowest BCUT2D eigenvalue weighted by Crippen LogP contribution is -2.41. The molecule has 4 nitrogen and oxygen atoms in total. The van der Waals surface area contributed by atoms with Crippen LogP contribution in [0.15, 0.2) is 0 Å². The van der Waals surface area contributed by atoms with E-state index < -0.39 is 10.0 Å². The van der Waals surface area contributed by atoms with E-state index in [2.05, 4.69) is 23.9 Å². The van der Waals surface area contributed by atoms with Crippen LogP contribution in [-0.4, -0.2) is 33.8 Å². The Morgan fingerprint density at radius 2 is 1.94 bits per heavy atom. The van der Waals surface area contributed by atoms with Crippen LogP contribution < -0.4 is 10.0 Å². The average Bonchev–Trinajstić information content (AvgIpc) is 2.19. The van der Waals surface area contributed by atoms with Crippen LogP contribution in [-0.2, 0) is 10.0 Å². The van der Waals surface area contributed by atoms with E-state index in [-0.39, 0.29) is 11.2 Å². The molecule has 0 bridgehead atoms. The molecule has 5 heteroatoms. The fourth-order valence-electron chi connectivity index (χ4n) is 1.82. The highest BCUT2D eigenvalue weighted by Crippen LogP contribution is 2.39. The van der Waals surface area contributed by atoms with Gasteiger partial charge in [0.05, 0.1) is 5.75 Å². The summed E-state index contributed by atoms with van der Waals surface area (Å²) in [6, 6.07) is 0. The van der Waals surface area contributed by atoms with Crippen molar-refractivity contribution in [3.8, 4) is 0 Å². The summed E-state index contributed by atoms with van der Waals surface area (Å²) >= 11 is 0. The number of hydrogen-bond acceptors (Lipinski definition) is 3. The Kier molecular flexibility index (Phi) is 5.21. The Bertz CT molecular complexity index is 297. The van der Waals surface area contributed by atoms with Crippen LogP contribution in [0.3, 0.4) is 0 Å². The summed E-state index contributed by atoms with van der Waals surface area (Å²) in [5.41, 5.74) is 0.212. The van der Waals surface area contributed by atoms with Crippen LogP contribution in [0.5, 0.6) is 0 Å². The van der Waals surface area contributed by atoms with Crippen molar-refractivity contribution in [3.05, 3.63) is 0 Å². The highest BCUT2D eigenvalue weighted by molar-refractivity contribution is 7.89. The van der Waals surface area contributed by atoms with E-state index in [0.717, 1.165) is 25.8 Å². The average molecular weight is 248 g/mol. The lowest BCUT2D eigenvalue weighted by atomic mass is 9.71. The van der Waals surface area contributed by atoms with Crippen molar-refractivity contribution in [1.82, 2.24) is 10.0 Å². The Morgan fingerprint density at radius 3 is 2.44 bits per heavy atom.